The molecule has 0 radical (unpaired) electrons. The number of nitrogens with one attached hydrogen (secondary N) is 1. The largest absolute Gasteiger partial charge is 0.377 e. The van der Waals surface area contributed by atoms with Gasteiger partial charge in [0.05, 0.1) is 16.9 Å². The predicted octanol–water partition coefficient (Wildman–Crippen LogP) is 1.40. The Bertz CT molecular complexity index is 642. The second kappa shape index (κ2) is 6.13. The molecule has 1 aliphatic heterocycles. The number of carbonyl (C=O) groups excluding carboxylic acids is 1. The molecule has 1 aliphatic rings. The Hall–Kier alpha value is -1.44. The molecule has 116 valence electrons. The lowest BCUT2D eigenvalue weighted by atomic mass is 9.98. The summed E-state index contributed by atoms with van der Waals surface area (Å²) in [5, 5.41) is 7.95. The van der Waals surface area contributed by atoms with Crippen LogP contribution in [0.3, 0.4) is 0 Å². The number of amides is 1. The first kappa shape index (κ1) is 15.9. The van der Waals surface area contributed by atoms with Crippen LogP contribution in [0.15, 0.2) is 23.1 Å². The van der Waals surface area contributed by atoms with Gasteiger partial charge in [0.15, 0.2) is 0 Å². The van der Waals surface area contributed by atoms with Gasteiger partial charge in [0.25, 0.3) is 0 Å². The molecule has 21 heavy (non-hydrogen) atoms. The van der Waals surface area contributed by atoms with Gasteiger partial charge in [0.1, 0.15) is 0 Å². The van der Waals surface area contributed by atoms with Crippen LogP contribution in [-0.2, 0) is 19.6 Å². The van der Waals surface area contributed by atoms with Crippen LogP contribution in [0.4, 0.5) is 5.69 Å². The Balaban J connectivity index is 2.22. The van der Waals surface area contributed by atoms with Crippen LogP contribution in [0.1, 0.15) is 25.3 Å². The van der Waals surface area contributed by atoms with Crippen LogP contribution in [0.25, 0.3) is 0 Å². The van der Waals surface area contributed by atoms with E-state index >= 15 is 0 Å². The third kappa shape index (κ3) is 3.42. The van der Waals surface area contributed by atoms with Gasteiger partial charge >= 0.3 is 0 Å². The second-order valence-corrected chi connectivity index (χ2v) is 6.71. The number of ether oxygens (including phenoxy) is 1. The van der Waals surface area contributed by atoms with E-state index in [9.17, 15) is 13.2 Å². The normalized spacial score (nSPS) is 22.2. The van der Waals surface area contributed by atoms with Crippen molar-refractivity contribution in [1.82, 2.24) is 0 Å². The molecule has 7 heteroatoms. The first-order chi connectivity index (χ1) is 9.84. The van der Waals surface area contributed by atoms with Crippen molar-refractivity contribution in [2.24, 2.45) is 11.1 Å². The number of hydrogen-bond acceptors (Lipinski definition) is 4. The summed E-state index contributed by atoms with van der Waals surface area (Å²) < 4.78 is 28.5. The molecule has 0 spiro atoms. The van der Waals surface area contributed by atoms with E-state index < -0.39 is 10.0 Å². The van der Waals surface area contributed by atoms with E-state index in [1.165, 1.54) is 6.07 Å². The molecule has 0 bridgehead atoms. The summed E-state index contributed by atoms with van der Waals surface area (Å²) in [6.07, 6.45) is 1.37. The summed E-state index contributed by atoms with van der Waals surface area (Å²) in [4.78, 5) is 12.3. The quantitative estimate of drug-likeness (QED) is 0.877. The average molecular weight is 312 g/mol. The molecule has 0 saturated carbocycles. The molecule has 0 aliphatic carbocycles. The SMILES string of the molecule is CCC1OCCC1C(=O)Nc1cccc(S(N)(=O)=O)c1C. The summed E-state index contributed by atoms with van der Waals surface area (Å²) >= 11 is 0. The van der Waals surface area contributed by atoms with E-state index in [4.69, 9.17) is 9.88 Å². The highest BCUT2D eigenvalue weighted by Gasteiger charge is 2.33. The molecule has 2 unspecified atom stereocenters. The zero-order chi connectivity index (χ0) is 15.6. The second-order valence-electron chi connectivity index (χ2n) is 5.18. The third-order valence-corrected chi connectivity index (χ3v) is 4.85. The molecule has 3 N–H and O–H groups in total. The Labute approximate surface area is 124 Å². The molecular formula is C14H20N2O4S. The van der Waals surface area contributed by atoms with Crippen LogP contribution in [-0.4, -0.2) is 27.0 Å². The maximum atomic E-state index is 12.3. The van der Waals surface area contributed by atoms with Crippen molar-refractivity contribution in [1.29, 1.82) is 0 Å². The number of nitrogens with two attached hydrogens (primary N) is 1. The van der Waals surface area contributed by atoms with E-state index in [-0.39, 0.29) is 22.8 Å². The van der Waals surface area contributed by atoms with Gasteiger partial charge in [-0.25, -0.2) is 13.6 Å². The molecule has 1 heterocycles. The lowest BCUT2D eigenvalue weighted by Crippen LogP contribution is -2.29. The van der Waals surface area contributed by atoms with Crippen molar-refractivity contribution in [3.05, 3.63) is 23.8 Å². The Morgan fingerprint density at radius 3 is 2.81 bits per heavy atom. The summed E-state index contributed by atoms with van der Waals surface area (Å²) in [5.41, 5.74) is 0.911. The van der Waals surface area contributed by atoms with E-state index in [1.54, 1.807) is 19.1 Å². The van der Waals surface area contributed by atoms with Gasteiger partial charge in [-0.2, -0.15) is 0 Å². The highest BCUT2D eigenvalue weighted by Crippen LogP contribution is 2.27. The highest BCUT2D eigenvalue weighted by atomic mass is 32.2. The van der Waals surface area contributed by atoms with E-state index in [1.807, 2.05) is 6.92 Å². The summed E-state index contributed by atoms with van der Waals surface area (Å²) in [5.74, 6) is -0.346. The van der Waals surface area contributed by atoms with Crippen LogP contribution in [0.5, 0.6) is 0 Å². The molecule has 1 fully saturated rings. The minimum absolute atomic E-state index is 0.0232. The molecule has 1 aromatic carbocycles. The van der Waals surface area contributed by atoms with Crippen LogP contribution in [0.2, 0.25) is 0 Å². The van der Waals surface area contributed by atoms with Crippen molar-refractivity contribution in [3.63, 3.8) is 0 Å². The topological polar surface area (TPSA) is 98.5 Å². The molecule has 1 aromatic rings. The smallest absolute Gasteiger partial charge is 0.238 e. The van der Waals surface area contributed by atoms with Crippen molar-refractivity contribution in [2.45, 2.75) is 37.7 Å². The van der Waals surface area contributed by atoms with E-state index in [2.05, 4.69) is 5.32 Å². The third-order valence-electron chi connectivity index (χ3n) is 3.80. The molecule has 2 atom stereocenters. The monoisotopic (exact) mass is 312 g/mol. The first-order valence-corrected chi connectivity index (χ1v) is 8.44. The Morgan fingerprint density at radius 1 is 1.48 bits per heavy atom. The fourth-order valence-corrected chi connectivity index (χ4v) is 3.44. The van der Waals surface area contributed by atoms with E-state index in [0.717, 1.165) is 6.42 Å². The number of benzene rings is 1. The average Bonchev–Trinajstić information content (AvgIpc) is 2.88. The van der Waals surface area contributed by atoms with Gasteiger partial charge < -0.3 is 10.1 Å². The van der Waals surface area contributed by atoms with Gasteiger partial charge in [-0.15, -0.1) is 0 Å². The molecular weight excluding hydrogens is 292 g/mol. The summed E-state index contributed by atoms with van der Waals surface area (Å²) in [6, 6.07) is 4.65. The summed E-state index contributed by atoms with van der Waals surface area (Å²) in [6.45, 7) is 4.17. The fraction of sp³-hybridized carbons (Fsp3) is 0.500. The number of hydrogen-bond donors (Lipinski definition) is 2. The zero-order valence-electron chi connectivity index (χ0n) is 12.1. The Morgan fingerprint density at radius 2 is 2.19 bits per heavy atom. The first-order valence-electron chi connectivity index (χ1n) is 6.89. The van der Waals surface area contributed by atoms with Crippen LogP contribution < -0.4 is 10.5 Å². The zero-order valence-corrected chi connectivity index (χ0v) is 12.9. The lowest BCUT2D eigenvalue weighted by Gasteiger charge is -2.18. The van der Waals surface area contributed by atoms with E-state index in [0.29, 0.717) is 24.3 Å². The minimum atomic E-state index is -3.80. The van der Waals surface area contributed by atoms with Gasteiger partial charge in [-0.05, 0) is 37.5 Å². The predicted molar refractivity (Wildman–Crippen MR) is 79.3 cm³/mol. The molecule has 1 amide bonds. The van der Waals surface area contributed by atoms with Crippen LogP contribution >= 0.6 is 0 Å². The number of anilines is 1. The number of rotatable bonds is 4. The number of sulfonamides is 1. The van der Waals surface area contributed by atoms with Gasteiger partial charge in [-0.1, -0.05) is 13.0 Å². The van der Waals surface area contributed by atoms with Crippen molar-refractivity contribution >= 4 is 21.6 Å². The molecule has 2 rings (SSSR count). The number of carbonyl (C=O) groups is 1. The fourth-order valence-electron chi connectivity index (χ4n) is 2.63. The maximum Gasteiger partial charge on any atom is 0.238 e. The molecule has 1 saturated heterocycles. The lowest BCUT2D eigenvalue weighted by molar-refractivity contribution is -0.121. The van der Waals surface area contributed by atoms with Gasteiger partial charge in [0, 0.05) is 12.3 Å². The van der Waals surface area contributed by atoms with Crippen molar-refractivity contribution < 1.29 is 17.9 Å². The van der Waals surface area contributed by atoms with Crippen molar-refractivity contribution in [2.75, 3.05) is 11.9 Å². The molecule has 6 nitrogen and oxygen atoms in total. The Kier molecular flexibility index (Phi) is 4.65. The maximum absolute atomic E-state index is 12.3. The highest BCUT2D eigenvalue weighted by molar-refractivity contribution is 7.89. The standard InChI is InChI=1S/C14H20N2O4S/c1-3-12-10(7-8-20-12)14(17)16-11-5-4-6-13(9(11)2)21(15,18)19/h4-6,10,12H,3,7-8H2,1-2H3,(H,16,17)(H2,15,18,19). The van der Waals surface area contributed by atoms with Gasteiger partial charge in [0.2, 0.25) is 15.9 Å². The van der Waals surface area contributed by atoms with Crippen LogP contribution in [0, 0.1) is 12.8 Å². The number of primary sulfonamides is 1. The van der Waals surface area contributed by atoms with Crippen molar-refractivity contribution in [3.8, 4) is 0 Å². The minimum Gasteiger partial charge on any atom is -0.377 e. The molecule has 0 aromatic heterocycles. The summed E-state index contributed by atoms with van der Waals surface area (Å²) in [7, 11) is -3.80. The van der Waals surface area contributed by atoms with Gasteiger partial charge in [-0.3, -0.25) is 4.79 Å².